The van der Waals surface area contributed by atoms with Crippen LogP contribution in [0.25, 0.3) is 16.6 Å². The van der Waals surface area contributed by atoms with Gasteiger partial charge in [-0.15, -0.1) is 0 Å². The van der Waals surface area contributed by atoms with Crippen LogP contribution in [0.5, 0.6) is 5.75 Å². The molecule has 2 aliphatic heterocycles. The lowest BCUT2D eigenvalue weighted by Gasteiger charge is -2.35. The zero-order chi connectivity index (χ0) is 41.7. The topological polar surface area (TPSA) is 102 Å². The van der Waals surface area contributed by atoms with E-state index in [0.29, 0.717) is 68.7 Å². The molecular weight excluding hydrogens is 761 g/mol. The SMILES string of the molecule is CC.CCOCCn1c(C=O)cc2c1C(N1CCn3c(c(CCCOc4cc(C)c(Cl)c(C)c4)c4ccc(Cl)c(C5C(C)=NN(C)C5C)c43)C1=O)=CC(C)C2.CO. The first kappa shape index (κ1) is 44.0. The number of carbonyl (C=O) groups excluding carboxylic acids is 2. The van der Waals surface area contributed by atoms with E-state index in [1.807, 2.05) is 80.4 Å². The van der Waals surface area contributed by atoms with E-state index in [1.54, 1.807) is 0 Å². The first-order chi connectivity index (χ1) is 27.4. The number of carbonyl (C=O) groups is 2. The number of rotatable bonds is 12. The number of allylic oxidation sites excluding steroid dienone is 1. The number of nitrogens with zero attached hydrogens (tertiary/aromatic N) is 5. The van der Waals surface area contributed by atoms with Gasteiger partial charge in [0.2, 0.25) is 0 Å². The van der Waals surface area contributed by atoms with E-state index in [0.717, 1.165) is 86.4 Å². The zero-order valence-electron chi connectivity index (χ0n) is 35.2. The lowest BCUT2D eigenvalue weighted by atomic mass is 9.87. The molecule has 0 fully saturated rings. The van der Waals surface area contributed by atoms with E-state index < -0.39 is 0 Å². The van der Waals surface area contributed by atoms with Crippen LogP contribution in [-0.4, -0.2) is 88.6 Å². The number of likely N-dealkylation sites (N-methyl/N-ethyl adjacent to an activating group) is 1. The van der Waals surface area contributed by atoms with Crippen LogP contribution in [0.3, 0.4) is 0 Å². The molecule has 0 bridgehead atoms. The van der Waals surface area contributed by atoms with Crippen molar-refractivity contribution < 1.29 is 24.2 Å². The van der Waals surface area contributed by atoms with E-state index in [4.69, 9.17) is 42.9 Å². The molecule has 2 aromatic carbocycles. The Kier molecular flexibility index (Phi) is 14.8. The van der Waals surface area contributed by atoms with Crippen LogP contribution in [-0.2, 0) is 30.7 Å². The van der Waals surface area contributed by atoms with E-state index in [1.165, 1.54) is 0 Å². The van der Waals surface area contributed by atoms with Gasteiger partial charge < -0.3 is 28.6 Å². The maximum absolute atomic E-state index is 15.2. The van der Waals surface area contributed by atoms with Crippen molar-refractivity contribution in [1.82, 2.24) is 19.0 Å². The molecule has 3 aliphatic rings. The maximum Gasteiger partial charge on any atom is 0.275 e. The number of ether oxygens (including phenoxy) is 2. The summed E-state index contributed by atoms with van der Waals surface area (Å²) in [7, 11) is 3.00. The Labute approximate surface area is 348 Å². The number of benzene rings is 2. The molecule has 308 valence electrons. The molecule has 12 heteroatoms. The molecule has 4 heterocycles. The van der Waals surface area contributed by atoms with E-state index in [9.17, 15) is 4.79 Å². The quantitative estimate of drug-likeness (QED) is 0.113. The third kappa shape index (κ3) is 8.42. The Bertz CT molecular complexity index is 2150. The van der Waals surface area contributed by atoms with Crippen molar-refractivity contribution in [3.05, 3.63) is 91.4 Å². The van der Waals surface area contributed by atoms with Gasteiger partial charge in [-0.05, 0) is 106 Å². The molecule has 2 aromatic heterocycles. The summed E-state index contributed by atoms with van der Waals surface area (Å²) in [5, 5.41) is 16.3. The number of aldehydes is 1. The van der Waals surface area contributed by atoms with Crippen molar-refractivity contribution in [2.45, 2.75) is 99.7 Å². The van der Waals surface area contributed by atoms with Crippen molar-refractivity contribution in [2.75, 3.05) is 40.5 Å². The van der Waals surface area contributed by atoms with Crippen molar-refractivity contribution in [3.8, 4) is 5.75 Å². The first-order valence-corrected chi connectivity index (χ1v) is 21.0. The predicted molar refractivity (Wildman–Crippen MR) is 232 cm³/mol. The summed E-state index contributed by atoms with van der Waals surface area (Å²) in [5.74, 6) is 0.920. The van der Waals surface area contributed by atoms with Gasteiger partial charge in [0.1, 0.15) is 11.4 Å². The van der Waals surface area contributed by atoms with Crippen LogP contribution in [0.1, 0.15) is 108 Å². The van der Waals surface area contributed by atoms with Crippen LogP contribution in [0.2, 0.25) is 10.0 Å². The van der Waals surface area contributed by atoms with Gasteiger partial charge in [-0.1, -0.05) is 56.1 Å². The molecular formula is C45H59Cl2N5O5. The van der Waals surface area contributed by atoms with Gasteiger partial charge in [-0.3, -0.25) is 14.6 Å². The van der Waals surface area contributed by atoms with Crippen molar-refractivity contribution in [2.24, 2.45) is 11.0 Å². The zero-order valence-corrected chi connectivity index (χ0v) is 36.7. The van der Waals surface area contributed by atoms with Gasteiger partial charge in [-0.2, -0.15) is 5.10 Å². The summed E-state index contributed by atoms with van der Waals surface area (Å²) in [6, 6.07) is 10.1. The standard InChI is InChI=1S/C42H49Cl2N5O4.C2H6.CH4O/c1-8-52-17-15-47-30(23-50)22-29-18-24(2)19-35(39(29)47)48-13-14-49-40-33(11-12-34(43)37(40)36-27(5)45-46(7)28(36)6)32(41(49)42(48)51)10-9-16-53-31-20-25(3)38(44)26(4)21-31;2*1-2/h11-12,19-24,28,36H,8-10,13-18H2,1-7H3;1-2H3;2H,1H3. The van der Waals surface area contributed by atoms with Crippen LogP contribution in [0.15, 0.2) is 41.5 Å². The van der Waals surface area contributed by atoms with Crippen molar-refractivity contribution in [3.63, 3.8) is 0 Å². The minimum absolute atomic E-state index is 0.0178. The van der Waals surface area contributed by atoms with Crippen LogP contribution in [0.4, 0.5) is 0 Å². The van der Waals surface area contributed by atoms with Crippen molar-refractivity contribution in [1.29, 1.82) is 0 Å². The molecule has 10 nitrogen and oxygen atoms in total. The third-order valence-electron chi connectivity index (χ3n) is 11.2. The Morgan fingerprint density at radius 1 is 1.00 bits per heavy atom. The molecule has 4 aromatic rings. The van der Waals surface area contributed by atoms with Crippen molar-refractivity contribution >= 4 is 57.7 Å². The highest BCUT2D eigenvalue weighted by molar-refractivity contribution is 6.33. The number of aliphatic hydroxyl groups is 1. The highest BCUT2D eigenvalue weighted by atomic mass is 35.5. The number of hydrogen-bond donors (Lipinski definition) is 1. The molecule has 3 unspecified atom stereocenters. The van der Waals surface area contributed by atoms with E-state index in [2.05, 4.69) is 37.5 Å². The van der Waals surface area contributed by atoms with Gasteiger partial charge in [0.25, 0.3) is 5.91 Å². The molecule has 3 atom stereocenters. The summed E-state index contributed by atoms with van der Waals surface area (Å²) in [4.78, 5) is 29.4. The Morgan fingerprint density at radius 3 is 2.33 bits per heavy atom. The number of hydrogen-bond acceptors (Lipinski definition) is 7. The number of halogens is 2. The molecule has 0 saturated carbocycles. The maximum atomic E-state index is 15.2. The second-order valence-corrected chi connectivity index (χ2v) is 15.6. The average molecular weight is 821 g/mol. The molecule has 0 radical (unpaired) electrons. The number of aliphatic hydroxyl groups excluding tert-OH is 1. The fraction of sp³-hybridized carbons (Fsp3) is 0.489. The summed E-state index contributed by atoms with van der Waals surface area (Å²) in [6.07, 6.45) is 5.25. The van der Waals surface area contributed by atoms with Crippen LogP contribution < -0.4 is 4.74 Å². The fourth-order valence-corrected chi connectivity index (χ4v) is 9.12. The van der Waals surface area contributed by atoms with Gasteiger partial charge in [0.15, 0.2) is 6.29 Å². The molecule has 57 heavy (non-hydrogen) atoms. The smallest absolute Gasteiger partial charge is 0.275 e. The summed E-state index contributed by atoms with van der Waals surface area (Å²) in [6.45, 7) is 19.5. The second-order valence-electron chi connectivity index (χ2n) is 14.8. The average Bonchev–Trinajstić information content (AvgIpc) is 3.81. The summed E-state index contributed by atoms with van der Waals surface area (Å²) >= 11 is 13.5. The normalized spacial score (nSPS) is 18.6. The Morgan fingerprint density at radius 2 is 1.70 bits per heavy atom. The molecule has 1 amide bonds. The summed E-state index contributed by atoms with van der Waals surface area (Å²) in [5.41, 5.74) is 10.2. The number of aromatic nitrogens is 2. The lowest BCUT2D eigenvalue weighted by Crippen LogP contribution is -2.41. The fourth-order valence-electron chi connectivity index (χ4n) is 8.74. The van der Waals surface area contributed by atoms with E-state index in [-0.39, 0.29) is 23.8 Å². The van der Waals surface area contributed by atoms with Crippen LogP contribution >= 0.6 is 23.2 Å². The van der Waals surface area contributed by atoms with E-state index >= 15 is 4.79 Å². The van der Waals surface area contributed by atoms with Gasteiger partial charge >= 0.3 is 0 Å². The number of fused-ring (bicyclic) bond motifs is 4. The lowest BCUT2D eigenvalue weighted by molar-refractivity contribution is 0.0792. The molecule has 0 spiro atoms. The molecule has 0 saturated heterocycles. The number of hydrazone groups is 1. The van der Waals surface area contributed by atoms with Gasteiger partial charge in [0.05, 0.1) is 41.9 Å². The minimum Gasteiger partial charge on any atom is -0.494 e. The van der Waals surface area contributed by atoms with Gasteiger partial charge in [-0.25, -0.2) is 0 Å². The Hall–Kier alpha value is -4.09. The Balaban J connectivity index is 0.00000150. The summed E-state index contributed by atoms with van der Waals surface area (Å²) < 4.78 is 16.2. The first-order valence-electron chi connectivity index (χ1n) is 20.2. The third-order valence-corrected chi connectivity index (χ3v) is 12.1. The monoisotopic (exact) mass is 819 g/mol. The van der Waals surface area contributed by atoms with Gasteiger partial charge in [0, 0.05) is 73.0 Å². The number of amides is 1. The molecule has 1 aliphatic carbocycles. The molecule has 1 N–H and O–H groups in total. The number of aryl methyl sites for hydroxylation is 3. The molecule has 7 rings (SSSR count). The minimum atomic E-state index is -0.0483. The van der Waals surface area contributed by atoms with Crippen LogP contribution in [0, 0.1) is 19.8 Å². The second kappa shape index (κ2) is 19.1. The highest BCUT2D eigenvalue weighted by Gasteiger charge is 2.40. The predicted octanol–water partition coefficient (Wildman–Crippen LogP) is 9.34. The highest BCUT2D eigenvalue weighted by Crippen LogP contribution is 2.44. The largest absolute Gasteiger partial charge is 0.494 e.